The van der Waals surface area contributed by atoms with Gasteiger partial charge < -0.3 is 10.2 Å². The Morgan fingerprint density at radius 2 is 1.55 bits per heavy atom. The van der Waals surface area contributed by atoms with E-state index in [0.717, 1.165) is 11.4 Å². The van der Waals surface area contributed by atoms with Crippen molar-refractivity contribution < 1.29 is 9.59 Å². The number of amides is 2. The summed E-state index contributed by atoms with van der Waals surface area (Å²) >= 11 is 0. The molecule has 4 rings (SSSR count). The largest absolute Gasteiger partial charge is 0.335 e. The van der Waals surface area contributed by atoms with E-state index in [2.05, 4.69) is 15.5 Å². The molecule has 0 bridgehead atoms. The van der Waals surface area contributed by atoms with E-state index in [0.29, 0.717) is 38.4 Å². The highest BCUT2D eigenvalue weighted by molar-refractivity contribution is 5.93. The number of rotatable bonds is 5. The number of hydrogen-bond acceptors (Lipinski definition) is 5. The minimum atomic E-state index is -0.138. The van der Waals surface area contributed by atoms with E-state index in [-0.39, 0.29) is 11.8 Å². The number of piperazine rings is 1. The first kappa shape index (κ1) is 18.8. The SMILES string of the molecule is O=C(CN1CCN(C(=O)c2cnn(-c3ccccc3)n2)CC1)Nc1ccccc1. The Morgan fingerprint density at radius 3 is 2.24 bits per heavy atom. The van der Waals surface area contributed by atoms with Gasteiger partial charge in [0.05, 0.1) is 18.4 Å². The summed E-state index contributed by atoms with van der Waals surface area (Å²) in [7, 11) is 0. The van der Waals surface area contributed by atoms with Crippen molar-refractivity contribution in [3.8, 4) is 5.69 Å². The average Bonchev–Trinajstić information content (AvgIpc) is 3.25. The van der Waals surface area contributed by atoms with Crippen LogP contribution in [0.3, 0.4) is 0 Å². The standard InChI is InChI=1S/C21H22N6O2/c28-20(23-17-7-3-1-4-8-17)16-25-11-13-26(14-12-25)21(29)19-15-22-27(24-19)18-9-5-2-6-10-18/h1-10,15H,11-14,16H2,(H,23,28). The molecule has 0 saturated carbocycles. The van der Waals surface area contributed by atoms with Crippen molar-refractivity contribution in [1.82, 2.24) is 24.8 Å². The molecule has 1 N–H and O–H groups in total. The molecule has 0 radical (unpaired) electrons. The summed E-state index contributed by atoms with van der Waals surface area (Å²) in [6, 6.07) is 18.9. The van der Waals surface area contributed by atoms with Crippen LogP contribution >= 0.6 is 0 Å². The van der Waals surface area contributed by atoms with Gasteiger partial charge in [-0.15, -0.1) is 5.10 Å². The predicted molar refractivity (Wildman–Crippen MR) is 109 cm³/mol. The predicted octanol–water partition coefficient (Wildman–Crippen LogP) is 1.66. The highest BCUT2D eigenvalue weighted by atomic mass is 16.2. The third kappa shape index (κ3) is 4.67. The Bertz CT molecular complexity index is 965. The monoisotopic (exact) mass is 390 g/mol. The summed E-state index contributed by atoms with van der Waals surface area (Å²) in [6.07, 6.45) is 1.50. The third-order valence-electron chi connectivity index (χ3n) is 4.78. The maximum absolute atomic E-state index is 12.7. The zero-order valence-corrected chi connectivity index (χ0v) is 15.9. The fourth-order valence-corrected chi connectivity index (χ4v) is 3.24. The number of anilines is 1. The molecule has 2 heterocycles. The zero-order chi connectivity index (χ0) is 20.1. The third-order valence-corrected chi connectivity index (χ3v) is 4.78. The fraction of sp³-hybridized carbons (Fsp3) is 0.238. The van der Waals surface area contributed by atoms with Crippen molar-refractivity contribution in [1.29, 1.82) is 0 Å². The van der Waals surface area contributed by atoms with Crippen molar-refractivity contribution in [2.45, 2.75) is 0 Å². The molecule has 2 amide bonds. The van der Waals surface area contributed by atoms with Crippen molar-refractivity contribution >= 4 is 17.5 Å². The van der Waals surface area contributed by atoms with Crippen LogP contribution in [0.2, 0.25) is 0 Å². The van der Waals surface area contributed by atoms with Gasteiger partial charge in [0.2, 0.25) is 5.91 Å². The molecule has 1 aromatic heterocycles. The highest BCUT2D eigenvalue weighted by Gasteiger charge is 2.25. The van der Waals surface area contributed by atoms with Crippen LogP contribution in [0.5, 0.6) is 0 Å². The normalized spacial score (nSPS) is 14.6. The molecule has 29 heavy (non-hydrogen) atoms. The Morgan fingerprint density at radius 1 is 0.897 bits per heavy atom. The Hall–Kier alpha value is -3.52. The minimum absolute atomic E-state index is 0.0539. The number of hydrogen-bond donors (Lipinski definition) is 1. The molecule has 0 spiro atoms. The molecule has 0 aliphatic carbocycles. The molecule has 3 aromatic rings. The van der Waals surface area contributed by atoms with E-state index in [1.165, 1.54) is 11.0 Å². The van der Waals surface area contributed by atoms with Gasteiger partial charge in [-0.25, -0.2) is 0 Å². The van der Waals surface area contributed by atoms with Crippen LogP contribution in [0.15, 0.2) is 66.9 Å². The second-order valence-electron chi connectivity index (χ2n) is 6.84. The Balaban J connectivity index is 1.29. The van der Waals surface area contributed by atoms with Crippen LogP contribution < -0.4 is 5.32 Å². The van der Waals surface area contributed by atoms with Crippen molar-refractivity contribution in [3.63, 3.8) is 0 Å². The number of carbonyl (C=O) groups excluding carboxylic acids is 2. The fourth-order valence-electron chi connectivity index (χ4n) is 3.24. The molecule has 1 saturated heterocycles. The van der Waals surface area contributed by atoms with Gasteiger partial charge in [-0.3, -0.25) is 14.5 Å². The van der Waals surface area contributed by atoms with Gasteiger partial charge in [0.25, 0.3) is 5.91 Å². The van der Waals surface area contributed by atoms with Crippen LogP contribution in [0.4, 0.5) is 5.69 Å². The Kier molecular flexibility index (Phi) is 5.62. The van der Waals surface area contributed by atoms with Gasteiger partial charge in [-0.05, 0) is 24.3 Å². The quantitative estimate of drug-likeness (QED) is 0.716. The molecule has 0 unspecified atom stereocenters. The summed E-state index contributed by atoms with van der Waals surface area (Å²) in [5, 5.41) is 11.4. The number of para-hydroxylation sites is 2. The molecular formula is C21H22N6O2. The second kappa shape index (κ2) is 8.66. The lowest BCUT2D eigenvalue weighted by Gasteiger charge is -2.33. The summed E-state index contributed by atoms with van der Waals surface area (Å²) in [5.41, 5.74) is 1.91. The van der Waals surface area contributed by atoms with Gasteiger partial charge in [-0.2, -0.15) is 9.90 Å². The van der Waals surface area contributed by atoms with Crippen molar-refractivity contribution in [2.75, 3.05) is 38.0 Å². The van der Waals surface area contributed by atoms with Crippen LogP contribution in [-0.2, 0) is 4.79 Å². The summed E-state index contributed by atoms with van der Waals surface area (Å²) in [4.78, 5) is 30.2. The van der Waals surface area contributed by atoms with E-state index < -0.39 is 0 Å². The molecule has 0 atom stereocenters. The molecule has 1 aliphatic rings. The molecule has 2 aromatic carbocycles. The van der Waals surface area contributed by atoms with Gasteiger partial charge in [-0.1, -0.05) is 36.4 Å². The van der Waals surface area contributed by atoms with Crippen LogP contribution in [0.25, 0.3) is 5.69 Å². The van der Waals surface area contributed by atoms with Gasteiger partial charge in [0.15, 0.2) is 5.69 Å². The second-order valence-corrected chi connectivity index (χ2v) is 6.84. The lowest BCUT2D eigenvalue weighted by molar-refractivity contribution is -0.117. The molecule has 148 valence electrons. The number of nitrogens with one attached hydrogen (secondary N) is 1. The van der Waals surface area contributed by atoms with Crippen molar-refractivity contribution in [3.05, 3.63) is 72.6 Å². The number of carbonyl (C=O) groups is 2. The smallest absolute Gasteiger partial charge is 0.276 e. The first-order valence-electron chi connectivity index (χ1n) is 9.53. The lowest BCUT2D eigenvalue weighted by atomic mass is 10.2. The highest BCUT2D eigenvalue weighted by Crippen LogP contribution is 2.10. The van der Waals surface area contributed by atoms with E-state index in [1.807, 2.05) is 65.6 Å². The summed E-state index contributed by atoms with van der Waals surface area (Å²) in [6.45, 7) is 2.69. The molecule has 1 fully saturated rings. The number of benzene rings is 2. The number of nitrogens with zero attached hydrogens (tertiary/aromatic N) is 5. The van der Waals surface area contributed by atoms with E-state index in [4.69, 9.17) is 0 Å². The molecule has 8 heteroatoms. The molecular weight excluding hydrogens is 368 g/mol. The first-order chi connectivity index (χ1) is 14.2. The van der Waals surface area contributed by atoms with E-state index in [9.17, 15) is 9.59 Å². The number of aromatic nitrogens is 3. The van der Waals surface area contributed by atoms with Crippen molar-refractivity contribution in [2.24, 2.45) is 0 Å². The Labute approximate surface area is 168 Å². The van der Waals surface area contributed by atoms with Crippen LogP contribution in [0.1, 0.15) is 10.5 Å². The lowest BCUT2D eigenvalue weighted by Crippen LogP contribution is -2.50. The average molecular weight is 390 g/mol. The van der Waals surface area contributed by atoms with Gasteiger partial charge in [0.1, 0.15) is 0 Å². The van der Waals surface area contributed by atoms with Crippen LogP contribution in [0, 0.1) is 0 Å². The topological polar surface area (TPSA) is 83.4 Å². The zero-order valence-electron chi connectivity index (χ0n) is 15.9. The maximum Gasteiger partial charge on any atom is 0.276 e. The minimum Gasteiger partial charge on any atom is -0.335 e. The van der Waals surface area contributed by atoms with Gasteiger partial charge in [0, 0.05) is 31.9 Å². The van der Waals surface area contributed by atoms with E-state index in [1.54, 1.807) is 4.90 Å². The van der Waals surface area contributed by atoms with Gasteiger partial charge >= 0.3 is 0 Å². The first-order valence-corrected chi connectivity index (χ1v) is 9.53. The summed E-state index contributed by atoms with van der Waals surface area (Å²) in [5.74, 6) is -0.192. The maximum atomic E-state index is 12.7. The molecule has 8 nitrogen and oxygen atoms in total. The van der Waals surface area contributed by atoms with E-state index >= 15 is 0 Å². The summed E-state index contributed by atoms with van der Waals surface area (Å²) < 4.78 is 0. The van der Waals surface area contributed by atoms with Crippen LogP contribution in [-0.4, -0.2) is 69.3 Å². The molecule has 1 aliphatic heterocycles.